The normalized spacial score (nSPS) is 12.9. The summed E-state index contributed by atoms with van der Waals surface area (Å²) in [4.78, 5) is 83.6. The number of hydrogen-bond acceptors (Lipinski definition) is 11. The summed E-state index contributed by atoms with van der Waals surface area (Å²) in [5.74, 6) is -3.55. The van der Waals surface area contributed by atoms with Gasteiger partial charge in [0.05, 0.1) is 5.56 Å². The zero-order valence-corrected chi connectivity index (χ0v) is 22.8. The number of para-hydroxylation sites is 1. The monoisotopic (exact) mass is 572 g/mol. The highest BCUT2D eigenvalue weighted by Gasteiger charge is 2.27. The molecule has 4 amide bonds. The Bertz CT molecular complexity index is 1050. The Hall–Kier alpha value is -3.04. The van der Waals surface area contributed by atoms with Gasteiger partial charge in [-0.1, -0.05) is 35.7 Å². The first-order valence-electron chi connectivity index (χ1n) is 10.7. The molecule has 12 nitrogen and oxygen atoms in total. The SMILES string of the molecule is CC(=O)NC(CSC(=O)C(CSC(=O)c1ccccc1OC(=O)C(CS)NC(C)=O)NC(C)=O)C(N)=O. The summed E-state index contributed by atoms with van der Waals surface area (Å²) in [6.45, 7) is 3.62. The average Bonchev–Trinajstić information content (AvgIpc) is 2.81. The molecule has 0 spiro atoms. The van der Waals surface area contributed by atoms with Gasteiger partial charge in [-0.05, 0) is 12.1 Å². The maximum absolute atomic E-state index is 12.9. The molecule has 202 valence electrons. The van der Waals surface area contributed by atoms with Crippen LogP contribution in [0.4, 0.5) is 0 Å². The minimum atomic E-state index is -1.11. The van der Waals surface area contributed by atoms with Gasteiger partial charge < -0.3 is 26.4 Å². The third-order valence-corrected chi connectivity index (χ3v) is 6.73. The Morgan fingerprint density at radius 2 is 1.35 bits per heavy atom. The first kappa shape index (κ1) is 32.0. The average molecular weight is 573 g/mol. The maximum atomic E-state index is 12.9. The summed E-state index contributed by atoms with van der Waals surface area (Å²) in [5.41, 5.74) is 5.26. The molecule has 0 heterocycles. The van der Waals surface area contributed by atoms with Crippen LogP contribution in [0.3, 0.4) is 0 Å². The minimum Gasteiger partial charge on any atom is -0.424 e. The second-order valence-corrected chi connectivity index (χ2v) is 9.87. The van der Waals surface area contributed by atoms with E-state index in [9.17, 15) is 33.6 Å². The van der Waals surface area contributed by atoms with Crippen molar-refractivity contribution in [3.05, 3.63) is 29.8 Å². The van der Waals surface area contributed by atoms with Crippen LogP contribution in [-0.4, -0.2) is 75.2 Å². The van der Waals surface area contributed by atoms with Crippen LogP contribution < -0.4 is 26.4 Å². The molecule has 1 rings (SSSR count). The molecule has 3 atom stereocenters. The summed E-state index contributed by atoms with van der Waals surface area (Å²) < 4.78 is 5.30. The molecule has 3 unspecified atom stereocenters. The number of nitrogens with one attached hydrogen (secondary N) is 3. The highest BCUT2D eigenvalue weighted by molar-refractivity contribution is 8.15. The van der Waals surface area contributed by atoms with Gasteiger partial charge in [-0.2, -0.15) is 12.6 Å². The highest BCUT2D eigenvalue weighted by atomic mass is 32.2. The van der Waals surface area contributed by atoms with E-state index in [4.69, 9.17) is 10.5 Å². The van der Waals surface area contributed by atoms with Crippen LogP contribution in [0, 0.1) is 0 Å². The van der Waals surface area contributed by atoms with Gasteiger partial charge >= 0.3 is 5.97 Å². The predicted molar refractivity (Wildman–Crippen MR) is 142 cm³/mol. The molecule has 0 aromatic heterocycles. The second kappa shape index (κ2) is 15.9. The van der Waals surface area contributed by atoms with Crippen molar-refractivity contribution in [1.29, 1.82) is 0 Å². The second-order valence-electron chi connectivity index (χ2n) is 7.49. The van der Waals surface area contributed by atoms with Gasteiger partial charge in [0.2, 0.25) is 33.9 Å². The first-order valence-corrected chi connectivity index (χ1v) is 13.3. The van der Waals surface area contributed by atoms with Crippen LogP contribution in [0.15, 0.2) is 24.3 Å². The van der Waals surface area contributed by atoms with Crippen molar-refractivity contribution in [2.75, 3.05) is 17.3 Å². The molecule has 0 bridgehead atoms. The number of nitrogens with two attached hydrogens (primary N) is 1. The molecule has 37 heavy (non-hydrogen) atoms. The highest BCUT2D eigenvalue weighted by Crippen LogP contribution is 2.25. The smallest absolute Gasteiger partial charge is 0.334 e. The molecule has 0 aliphatic heterocycles. The Labute approximate surface area is 227 Å². The number of rotatable bonds is 13. The van der Waals surface area contributed by atoms with Crippen molar-refractivity contribution in [2.24, 2.45) is 5.73 Å². The molecule has 0 saturated carbocycles. The number of amides is 4. The molecule has 0 radical (unpaired) electrons. The molecule has 1 aromatic rings. The Kier molecular flexibility index (Phi) is 13.8. The molecule has 0 saturated heterocycles. The van der Waals surface area contributed by atoms with Crippen LogP contribution in [0.1, 0.15) is 31.1 Å². The molecule has 5 N–H and O–H groups in total. The van der Waals surface area contributed by atoms with Crippen molar-refractivity contribution >= 4 is 76.0 Å². The van der Waals surface area contributed by atoms with E-state index in [0.29, 0.717) is 23.5 Å². The predicted octanol–water partition coefficient (Wildman–Crippen LogP) is -0.346. The third kappa shape index (κ3) is 11.7. The van der Waals surface area contributed by atoms with Crippen LogP contribution in [0.25, 0.3) is 0 Å². The zero-order chi connectivity index (χ0) is 28.1. The summed E-state index contributed by atoms with van der Waals surface area (Å²) in [7, 11) is 0. The van der Waals surface area contributed by atoms with Crippen LogP contribution >= 0.6 is 36.2 Å². The number of esters is 1. The number of carbonyl (C=O) groups is 7. The lowest BCUT2D eigenvalue weighted by Crippen LogP contribution is -2.46. The lowest BCUT2D eigenvalue weighted by molar-refractivity contribution is -0.138. The lowest BCUT2D eigenvalue weighted by Gasteiger charge is -2.18. The number of ether oxygens (including phenoxy) is 1. The Morgan fingerprint density at radius 1 is 0.838 bits per heavy atom. The molecule has 0 fully saturated rings. The van der Waals surface area contributed by atoms with E-state index in [1.807, 2.05) is 0 Å². The van der Waals surface area contributed by atoms with E-state index in [0.717, 1.165) is 0 Å². The molecule has 0 aliphatic carbocycles. The summed E-state index contributed by atoms with van der Waals surface area (Å²) in [5, 5.41) is 6.06. The quantitative estimate of drug-likeness (QED) is 0.119. The molecule has 15 heteroatoms. The number of carbonyl (C=O) groups excluding carboxylic acids is 7. The number of thioether (sulfide) groups is 2. The van der Waals surface area contributed by atoms with E-state index >= 15 is 0 Å². The molecular formula is C22H28N4O8S3. The molecule has 0 aliphatic rings. The van der Waals surface area contributed by atoms with Crippen LogP contribution in [-0.2, 0) is 28.8 Å². The molecular weight excluding hydrogens is 544 g/mol. The maximum Gasteiger partial charge on any atom is 0.334 e. The summed E-state index contributed by atoms with van der Waals surface area (Å²) >= 11 is 5.39. The number of thiol groups is 1. The van der Waals surface area contributed by atoms with Crippen LogP contribution in [0.2, 0.25) is 0 Å². The van der Waals surface area contributed by atoms with E-state index in [2.05, 4.69) is 28.6 Å². The fraction of sp³-hybridized carbons (Fsp3) is 0.409. The van der Waals surface area contributed by atoms with Crippen molar-refractivity contribution in [3.63, 3.8) is 0 Å². The van der Waals surface area contributed by atoms with Gasteiger partial charge in [0.1, 0.15) is 23.9 Å². The van der Waals surface area contributed by atoms with Crippen molar-refractivity contribution in [1.82, 2.24) is 16.0 Å². The van der Waals surface area contributed by atoms with Gasteiger partial charge in [-0.3, -0.25) is 28.8 Å². The first-order chi connectivity index (χ1) is 17.3. The van der Waals surface area contributed by atoms with Crippen molar-refractivity contribution in [3.8, 4) is 5.75 Å². The van der Waals surface area contributed by atoms with Crippen LogP contribution in [0.5, 0.6) is 5.75 Å². The number of primary amides is 1. The van der Waals surface area contributed by atoms with E-state index < -0.39 is 58.0 Å². The van der Waals surface area contributed by atoms with Gasteiger partial charge in [0.15, 0.2) is 0 Å². The molecule has 1 aromatic carbocycles. The fourth-order valence-electron chi connectivity index (χ4n) is 2.69. The largest absolute Gasteiger partial charge is 0.424 e. The van der Waals surface area contributed by atoms with Gasteiger partial charge in [-0.25, -0.2) is 4.79 Å². The standard InChI is InChI=1S/C22H28N4O8S3/c1-11(27)24-15(8-35)20(31)34-18-7-5-4-6-14(18)21(32)36-10-17(26-13(3)29)22(33)37-9-16(19(23)30)25-12(2)28/h4-7,15-17,35H,8-10H2,1-3H3,(H2,23,30)(H,24,27)(H,25,28)(H,26,29). The Morgan fingerprint density at radius 3 is 1.89 bits per heavy atom. The lowest BCUT2D eigenvalue weighted by atomic mass is 10.2. The van der Waals surface area contributed by atoms with Crippen molar-refractivity contribution < 1.29 is 38.3 Å². The van der Waals surface area contributed by atoms with E-state index in [1.54, 1.807) is 12.1 Å². The third-order valence-electron chi connectivity index (χ3n) is 4.32. The van der Waals surface area contributed by atoms with Gasteiger partial charge in [0.25, 0.3) is 0 Å². The van der Waals surface area contributed by atoms with Crippen molar-refractivity contribution in [2.45, 2.75) is 38.9 Å². The minimum absolute atomic E-state index is 0.0278. The van der Waals surface area contributed by atoms with E-state index in [-0.39, 0.29) is 28.6 Å². The number of benzene rings is 1. The zero-order valence-electron chi connectivity index (χ0n) is 20.3. The van der Waals surface area contributed by atoms with Gasteiger partial charge in [0, 0.05) is 38.0 Å². The van der Waals surface area contributed by atoms with Gasteiger partial charge in [-0.15, -0.1) is 0 Å². The Balaban J connectivity index is 2.92. The summed E-state index contributed by atoms with van der Waals surface area (Å²) in [6.07, 6.45) is 0. The number of hydrogen-bond donors (Lipinski definition) is 5. The summed E-state index contributed by atoms with van der Waals surface area (Å²) in [6, 6.07) is 2.67. The van der Waals surface area contributed by atoms with E-state index in [1.165, 1.54) is 32.9 Å². The topological polar surface area (TPSA) is 191 Å². The fourth-order valence-corrected chi connectivity index (χ4v) is 4.83.